The van der Waals surface area contributed by atoms with Crippen LogP contribution in [0.25, 0.3) is 0 Å². The summed E-state index contributed by atoms with van der Waals surface area (Å²) in [5.41, 5.74) is 0.0933. The molecule has 0 aliphatic heterocycles. The van der Waals surface area contributed by atoms with Crippen LogP contribution in [-0.2, 0) is 6.18 Å². The molecule has 1 aliphatic carbocycles. The van der Waals surface area contributed by atoms with Gasteiger partial charge in [-0.2, -0.15) is 13.2 Å². The van der Waals surface area contributed by atoms with Crippen LogP contribution in [0.3, 0.4) is 0 Å². The van der Waals surface area contributed by atoms with Crippen LogP contribution in [0.2, 0.25) is 0 Å². The zero-order valence-corrected chi connectivity index (χ0v) is 10.7. The molecule has 2 rings (SSSR count). The Bertz CT molecular complexity index is 399. The van der Waals surface area contributed by atoms with Crippen LogP contribution in [0.4, 0.5) is 18.9 Å². The molecule has 0 spiro atoms. The molecule has 1 aromatic rings. The average molecular weight is 308 g/mol. The third kappa shape index (κ3) is 3.63. The average Bonchev–Trinajstić information content (AvgIpc) is 3.02. The first-order chi connectivity index (χ1) is 7.97. The molecule has 0 aromatic heterocycles. The fraction of sp³-hybridized carbons (Fsp3) is 0.500. The molecular weight excluding hydrogens is 295 g/mol. The molecule has 5 heteroatoms. The van der Waals surface area contributed by atoms with Crippen LogP contribution >= 0.6 is 15.9 Å². The topological polar surface area (TPSA) is 12.0 Å². The first-order valence-corrected chi connectivity index (χ1v) is 6.37. The van der Waals surface area contributed by atoms with Crippen molar-refractivity contribution in [3.8, 4) is 0 Å². The summed E-state index contributed by atoms with van der Waals surface area (Å²) >= 11 is 3.16. The predicted molar refractivity (Wildman–Crippen MR) is 65.0 cm³/mol. The van der Waals surface area contributed by atoms with Crippen molar-refractivity contribution in [2.45, 2.75) is 25.4 Å². The van der Waals surface area contributed by atoms with E-state index in [0.717, 1.165) is 36.7 Å². The standard InChI is InChI=1S/C12H13BrF3N/c13-10-7-9(12(14,15)16)3-4-11(10)17-6-5-8-1-2-8/h3-4,7-8,17H,1-2,5-6H2. The van der Waals surface area contributed by atoms with Crippen molar-refractivity contribution >= 4 is 21.6 Å². The zero-order valence-electron chi connectivity index (χ0n) is 9.15. The fourth-order valence-corrected chi connectivity index (χ4v) is 2.17. The van der Waals surface area contributed by atoms with E-state index in [1.165, 1.54) is 18.9 Å². The molecule has 0 unspecified atom stereocenters. The fourth-order valence-electron chi connectivity index (χ4n) is 1.65. The van der Waals surface area contributed by atoms with Crippen molar-refractivity contribution < 1.29 is 13.2 Å². The quantitative estimate of drug-likeness (QED) is 0.851. The van der Waals surface area contributed by atoms with Gasteiger partial charge in [-0.05, 0) is 46.5 Å². The Morgan fingerprint density at radius 3 is 2.53 bits per heavy atom. The van der Waals surface area contributed by atoms with Gasteiger partial charge < -0.3 is 5.32 Å². The summed E-state index contributed by atoms with van der Waals surface area (Å²) < 4.78 is 37.7. The zero-order chi connectivity index (χ0) is 12.5. The molecule has 1 N–H and O–H groups in total. The Morgan fingerprint density at radius 1 is 1.29 bits per heavy atom. The summed E-state index contributed by atoms with van der Waals surface area (Å²) in [5, 5.41) is 3.15. The molecule has 0 atom stereocenters. The van der Waals surface area contributed by atoms with Gasteiger partial charge in [0.25, 0.3) is 0 Å². The number of benzene rings is 1. The van der Waals surface area contributed by atoms with Crippen LogP contribution in [0.5, 0.6) is 0 Å². The van der Waals surface area contributed by atoms with Gasteiger partial charge in [-0.25, -0.2) is 0 Å². The van der Waals surface area contributed by atoms with E-state index >= 15 is 0 Å². The molecule has 0 radical (unpaired) electrons. The van der Waals surface area contributed by atoms with E-state index in [4.69, 9.17) is 0 Å². The molecule has 17 heavy (non-hydrogen) atoms. The largest absolute Gasteiger partial charge is 0.416 e. The van der Waals surface area contributed by atoms with Crippen molar-refractivity contribution in [2.24, 2.45) is 5.92 Å². The molecule has 1 nitrogen and oxygen atoms in total. The van der Waals surface area contributed by atoms with Crippen molar-refractivity contribution in [2.75, 3.05) is 11.9 Å². The van der Waals surface area contributed by atoms with Crippen LogP contribution in [-0.4, -0.2) is 6.54 Å². The maximum atomic E-state index is 12.4. The monoisotopic (exact) mass is 307 g/mol. The van der Waals surface area contributed by atoms with Crippen molar-refractivity contribution in [3.63, 3.8) is 0 Å². The highest BCUT2D eigenvalue weighted by atomic mass is 79.9. The second-order valence-electron chi connectivity index (χ2n) is 4.35. The van der Waals surface area contributed by atoms with Crippen LogP contribution in [0.15, 0.2) is 22.7 Å². The number of hydrogen-bond donors (Lipinski definition) is 1. The molecule has 0 saturated heterocycles. The molecule has 0 bridgehead atoms. The lowest BCUT2D eigenvalue weighted by atomic mass is 10.2. The van der Waals surface area contributed by atoms with E-state index in [1.807, 2.05) is 0 Å². The molecule has 0 amide bonds. The molecule has 0 heterocycles. The minimum Gasteiger partial charge on any atom is -0.384 e. The van der Waals surface area contributed by atoms with Gasteiger partial charge in [0.15, 0.2) is 0 Å². The van der Waals surface area contributed by atoms with E-state index in [2.05, 4.69) is 21.2 Å². The summed E-state index contributed by atoms with van der Waals surface area (Å²) in [5.74, 6) is 0.815. The SMILES string of the molecule is FC(F)(F)c1ccc(NCCC2CC2)c(Br)c1. The van der Waals surface area contributed by atoms with Crippen LogP contribution in [0.1, 0.15) is 24.8 Å². The lowest BCUT2D eigenvalue weighted by Gasteiger charge is -2.11. The van der Waals surface area contributed by atoms with Gasteiger partial charge in [-0.1, -0.05) is 12.8 Å². The number of nitrogens with one attached hydrogen (secondary N) is 1. The van der Waals surface area contributed by atoms with Gasteiger partial charge >= 0.3 is 6.18 Å². The number of alkyl halides is 3. The summed E-state index contributed by atoms with van der Waals surface area (Å²) in [6, 6.07) is 3.68. The molecule has 94 valence electrons. The molecule has 1 aliphatic rings. The number of anilines is 1. The summed E-state index contributed by atoms with van der Waals surface area (Å²) in [4.78, 5) is 0. The van der Waals surface area contributed by atoms with Gasteiger partial charge in [0, 0.05) is 16.7 Å². The van der Waals surface area contributed by atoms with Crippen LogP contribution in [0, 0.1) is 5.92 Å². The van der Waals surface area contributed by atoms with Crippen molar-refractivity contribution in [1.82, 2.24) is 0 Å². The van der Waals surface area contributed by atoms with Gasteiger partial charge in [0.2, 0.25) is 0 Å². The molecule has 1 fully saturated rings. The minimum absolute atomic E-state index is 0.461. The number of hydrogen-bond acceptors (Lipinski definition) is 1. The normalized spacial score (nSPS) is 16.0. The first kappa shape index (κ1) is 12.7. The smallest absolute Gasteiger partial charge is 0.384 e. The van der Waals surface area contributed by atoms with Gasteiger partial charge in [0.05, 0.1) is 5.56 Å². The van der Waals surface area contributed by atoms with Crippen molar-refractivity contribution in [1.29, 1.82) is 0 Å². The summed E-state index contributed by atoms with van der Waals surface area (Å²) in [7, 11) is 0. The molecule has 1 aromatic carbocycles. The van der Waals surface area contributed by atoms with E-state index in [1.54, 1.807) is 0 Å². The van der Waals surface area contributed by atoms with E-state index in [-0.39, 0.29) is 0 Å². The Kier molecular flexibility index (Phi) is 3.66. The summed E-state index contributed by atoms with van der Waals surface area (Å²) in [6.45, 7) is 0.814. The summed E-state index contributed by atoms with van der Waals surface area (Å²) in [6.07, 6.45) is -0.617. The predicted octanol–water partition coefficient (Wildman–Crippen LogP) is 4.68. The first-order valence-electron chi connectivity index (χ1n) is 5.57. The minimum atomic E-state index is -4.28. The Labute approximate surface area is 107 Å². The lowest BCUT2D eigenvalue weighted by Crippen LogP contribution is -2.07. The van der Waals surface area contributed by atoms with Crippen LogP contribution < -0.4 is 5.32 Å². The highest BCUT2D eigenvalue weighted by molar-refractivity contribution is 9.10. The lowest BCUT2D eigenvalue weighted by molar-refractivity contribution is -0.137. The Morgan fingerprint density at radius 2 is 2.00 bits per heavy atom. The highest BCUT2D eigenvalue weighted by Crippen LogP contribution is 2.35. The van der Waals surface area contributed by atoms with E-state index in [9.17, 15) is 13.2 Å². The maximum absolute atomic E-state index is 12.4. The third-order valence-corrected chi connectivity index (χ3v) is 3.52. The number of rotatable bonds is 4. The molecule has 1 saturated carbocycles. The second-order valence-corrected chi connectivity index (χ2v) is 5.21. The van der Waals surface area contributed by atoms with E-state index < -0.39 is 11.7 Å². The van der Waals surface area contributed by atoms with Crippen molar-refractivity contribution in [3.05, 3.63) is 28.2 Å². The third-order valence-electron chi connectivity index (χ3n) is 2.86. The van der Waals surface area contributed by atoms with Gasteiger partial charge in [-0.3, -0.25) is 0 Å². The van der Waals surface area contributed by atoms with Gasteiger partial charge in [0.1, 0.15) is 0 Å². The highest BCUT2D eigenvalue weighted by Gasteiger charge is 2.30. The van der Waals surface area contributed by atoms with E-state index in [0.29, 0.717) is 4.47 Å². The second kappa shape index (κ2) is 4.88. The Hall–Kier alpha value is -0.710. The van der Waals surface area contributed by atoms with Gasteiger partial charge in [-0.15, -0.1) is 0 Å². The maximum Gasteiger partial charge on any atom is 0.416 e. The molecular formula is C12H13BrF3N. The number of halogens is 4. The Balaban J connectivity index is 1.97.